The summed E-state index contributed by atoms with van der Waals surface area (Å²) in [5.74, 6) is 1.70. The van der Waals surface area contributed by atoms with Crippen LogP contribution in [0.1, 0.15) is 5.56 Å². The summed E-state index contributed by atoms with van der Waals surface area (Å²) in [7, 11) is 0. The van der Waals surface area contributed by atoms with Crippen molar-refractivity contribution in [2.45, 2.75) is 6.92 Å². The van der Waals surface area contributed by atoms with E-state index in [9.17, 15) is 0 Å². The second-order valence-corrected chi connectivity index (χ2v) is 5.17. The Morgan fingerprint density at radius 1 is 0.870 bits per heavy atom. The Labute approximate surface area is 132 Å². The van der Waals surface area contributed by atoms with Gasteiger partial charge in [0.2, 0.25) is 11.8 Å². The molecule has 0 saturated heterocycles. The van der Waals surface area contributed by atoms with Crippen LogP contribution in [0.4, 0.5) is 0 Å². The highest BCUT2D eigenvalue weighted by Crippen LogP contribution is 2.33. The average Bonchev–Trinajstić information content (AvgIpc) is 3.27. The minimum Gasteiger partial charge on any atom is -0.464 e. The Morgan fingerprint density at radius 3 is 2.48 bits per heavy atom. The standard InChI is InChI=1S/C18H13N3O2/c1-12-4-5-14(16-3-2-10-22-16)15(11-12)18-21-20-17(23-18)13-6-8-19-9-7-13/h2-11H,1H3. The Morgan fingerprint density at radius 2 is 1.70 bits per heavy atom. The largest absolute Gasteiger partial charge is 0.464 e. The van der Waals surface area contributed by atoms with Crippen LogP contribution in [0.25, 0.3) is 34.2 Å². The molecule has 4 rings (SSSR count). The zero-order valence-electron chi connectivity index (χ0n) is 12.4. The van der Waals surface area contributed by atoms with Crippen LogP contribution in [0.15, 0.2) is 70.0 Å². The Kier molecular flexibility index (Phi) is 3.24. The molecule has 0 aliphatic rings. The molecule has 0 aliphatic heterocycles. The number of hydrogen-bond donors (Lipinski definition) is 0. The van der Waals surface area contributed by atoms with E-state index in [4.69, 9.17) is 8.83 Å². The van der Waals surface area contributed by atoms with Crippen LogP contribution in [0.5, 0.6) is 0 Å². The summed E-state index contributed by atoms with van der Waals surface area (Å²) in [5.41, 5.74) is 3.73. The monoisotopic (exact) mass is 303 g/mol. The fourth-order valence-electron chi connectivity index (χ4n) is 2.42. The molecular formula is C18H13N3O2. The van der Waals surface area contributed by atoms with Crippen LogP contribution < -0.4 is 0 Å². The highest BCUT2D eigenvalue weighted by molar-refractivity contribution is 5.78. The highest BCUT2D eigenvalue weighted by atomic mass is 16.4. The van der Waals surface area contributed by atoms with E-state index < -0.39 is 0 Å². The quantitative estimate of drug-likeness (QED) is 0.562. The molecule has 0 unspecified atom stereocenters. The van der Waals surface area contributed by atoms with Gasteiger partial charge in [0.25, 0.3) is 0 Å². The molecule has 3 heterocycles. The van der Waals surface area contributed by atoms with E-state index in [0.717, 1.165) is 28.0 Å². The number of nitrogens with zero attached hydrogens (tertiary/aromatic N) is 3. The Balaban J connectivity index is 1.82. The summed E-state index contributed by atoms with van der Waals surface area (Å²) in [6, 6.07) is 13.5. The molecule has 0 radical (unpaired) electrons. The predicted molar refractivity (Wildman–Crippen MR) is 85.4 cm³/mol. The summed E-state index contributed by atoms with van der Waals surface area (Å²) in [5, 5.41) is 8.34. The van der Waals surface area contributed by atoms with Crippen molar-refractivity contribution in [2.75, 3.05) is 0 Å². The summed E-state index contributed by atoms with van der Waals surface area (Å²) in [6.45, 7) is 2.02. The lowest BCUT2D eigenvalue weighted by molar-refractivity contribution is 0.576. The molecule has 0 N–H and O–H groups in total. The smallest absolute Gasteiger partial charge is 0.248 e. The summed E-state index contributed by atoms with van der Waals surface area (Å²) in [4.78, 5) is 3.99. The van der Waals surface area contributed by atoms with E-state index in [-0.39, 0.29) is 0 Å². The van der Waals surface area contributed by atoms with E-state index in [2.05, 4.69) is 15.2 Å². The van der Waals surface area contributed by atoms with Crippen LogP contribution in [0.2, 0.25) is 0 Å². The van der Waals surface area contributed by atoms with Crippen molar-refractivity contribution in [3.63, 3.8) is 0 Å². The summed E-state index contributed by atoms with van der Waals surface area (Å²) < 4.78 is 11.4. The summed E-state index contributed by atoms with van der Waals surface area (Å²) in [6.07, 6.45) is 5.04. The van der Waals surface area contributed by atoms with Gasteiger partial charge in [-0.15, -0.1) is 10.2 Å². The van der Waals surface area contributed by atoms with Crippen molar-refractivity contribution in [3.05, 3.63) is 66.7 Å². The van der Waals surface area contributed by atoms with Crippen molar-refractivity contribution in [1.29, 1.82) is 0 Å². The molecule has 0 spiro atoms. The Bertz CT molecular complexity index is 928. The molecule has 0 fully saturated rings. The number of pyridine rings is 1. The van der Waals surface area contributed by atoms with Gasteiger partial charge in [-0.25, -0.2) is 0 Å². The fourth-order valence-corrected chi connectivity index (χ4v) is 2.42. The van der Waals surface area contributed by atoms with Crippen molar-refractivity contribution >= 4 is 0 Å². The van der Waals surface area contributed by atoms with Crippen molar-refractivity contribution in [3.8, 4) is 34.2 Å². The molecule has 0 aliphatic carbocycles. The molecule has 5 nitrogen and oxygen atoms in total. The molecule has 4 aromatic rings. The van der Waals surface area contributed by atoms with Gasteiger partial charge < -0.3 is 8.83 Å². The molecule has 23 heavy (non-hydrogen) atoms. The van der Waals surface area contributed by atoms with Gasteiger partial charge in [-0.2, -0.15) is 0 Å². The highest BCUT2D eigenvalue weighted by Gasteiger charge is 2.16. The number of rotatable bonds is 3. The van der Waals surface area contributed by atoms with Gasteiger partial charge in [0.05, 0.1) is 11.8 Å². The molecule has 1 aromatic carbocycles. The van der Waals surface area contributed by atoms with E-state index in [1.54, 1.807) is 18.7 Å². The Hall–Kier alpha value is -3.21. The first-order valence-corrected chi connectivity index (χ1v) is 7.20. The van der Waals surface area contributed by atoms with Gasteiger partial charge in [0.15, 0.2) is 0 Å². The number of benzene rings is 1. The van der Waals surface area contributed by atoms with E-state index in [1.165, 1.54) is 0 Å². The van der Waals surface area contributed by atoms with Crippen LogP contribution in [-0.2, 0) is 0 Å². The lowest BCUT2D eigenvalue weighted by atomic mass is 10.0. The zero-order chi connectivity index (χ0) is 15.6. The van der Waals surface area contributed by atoms with Gasteiger partial charge in [0, 0.05) is 23.5 Å². The average molecular weight is 303 g/mol. The number of aromatic nitrogens is 3. The minimum atomic E-state index is 0.465. The lowest BCUT2D eigenvalue weighted by Crippen LogP contribution is -1.86. The first-order chi connectivity index (χ1) is 11.3. The molecule has 0 atom stereocenters. The normalized spacial score (nSPS) is 10.8. The second kappa shape index (κ2) is 5.53. The number of furan rings is 1. The van der Waals surface area contributed by atoms with Crippen LogP contribution in [0.3, 0.4) is 0 Å². The lowest BCUT2D eigenvalue weighted by Gasteiger charge is -2.05. The predicted octanol–water partition coefficient (Wildman–Crippen LogP) is 4.37. The molecule has 3 aromatic heterocycles. The third kappa shape index (κ3) is 2.53. The van der Waals surface area contributed by atoms with Crippen molar-refractivity contribution < 1.29 is 8.83 Å². The maximum absolute atomic E-state index is 5.86. The first-order valence-electron chi connectivity index (χ1n) is 7.20. The van der Waals surface area contributed by atoms with E-state index >= 15 is 0 Å². The molecule has 0 bridgehead atoms. The van der Waals surface area contributed by atoms with Gasteiger partial charge >= 0.3 is 0 Å². The van der Waals surface area contributed by atoms with Gasteiger partial charge in [-0.1, -0.05) is 17.7 Å². The maximum Gasteiger partial charge on any atom is 0.248 e. The van der Waals surface area contributed by atoms with Gasteiger partial charge in [0.1, 0.15) is 5.76 Å². The number of aryl methyl sites for hydroxylation is 1. The third-order valence-corrected chi connectivity index (χ3v) is 3.54. The van der Waals surface area contributed by atoms with Gasteiger partial charge in [-0.05, 0) is 37.3 Å². The van der Waals surface area contributed by atoms with Crippen LogP contribution in [0, 0.1) is 6.92 Å². The SMILES string of the molecule is Cc1ccc(-c2ccco2)c(-c2nnc(-c3ccncc3)o2)c1. The summed E-state index contributed by atoms with van der Waals surface area (Å²) >= 11 is 0. The van der Waals surface area contributed by atoms with E-state index in [0.29, 0.717) is 11.8 Å². The maximum atomic E-state index is 5.86. The molecular weight excluding hydrogens is 290 g/mol. The zero-order valence-corrected chi connectivity index (χ0v) is 12.4. The van der Waals surface area contributed by atoms with Gasteiger partial charge in [-0.3, -0.25) is 4.98 Å². The third-order valence-electron chi connectivity index (χ3n) is 3.54. The number of hydrogen-bond acceptors (Lipinski definition) is 5. The molecule has 5 heteroatoms. The van der Waals surface area contributed by atoms with Crippen LogP contribution >= 0.6 is 0 Å². The second-order valence-electron chi connectivity index (χ2n) is 5.17. The van der Waals surface area contributed by atoms with Crippen molar-refractivity contribution in [2.24, 2.45) is 0 Å². The fraction of sp³-hybridized carbons (Fsp3) is 0.0556. The van der Waals surface area contributed by atoms with Crippen LogP contribution in [-0.4, -0.2) is 15.2 Å². The van der Waals surface area contributed by atoms with E-state index in [1.807, 2.05) is 49.4 Å². The molecule has 112 valence electrons. The topological polar surface area (TPSA) is 65.0 Å². The first kappa shape index (κ1) is 13.5. The minimum absolute atomic E-state index is 0.465. The molecule has 0 amide bonds. The molecule has 0 saturated carbocycles. The van der Waals surface area contributed by atoms with Crippen molar-refractivity contribution in [1.82, 2.24) is 15.2 Å².